The van der Waals surface area contributed by atoms with Gasteiger partial charge in [0.05, 0.1) is 17.2 Å². The average Bonchev–Trinajstić information content (AvgIpc) is 3.18. The van der Waals surface area contributed by atoms with Crippen molar-refractivity contribution < 1.29 is 37.1 Å². The molecule has 3 heterocycles. The normalized spacial score (nSPS) is 21.0. The quantitative estimate of drug-likeness (QED) is 0.533. The van der Waals surface area contributed by atoms with Gasteiger partial charge in [-0.25, -0.2) is 9.78 Å². The molecule has 2 amide bonds. The Morgan fingerprint density at radius 3 is 2.72 bits per heavy atom. The lowest BCUT2D eigenvalue weighted by Gasteiger charge is -2.16. The van der Waals surface area contributed by atoms with E-state index in [0.717, 1.165) is 4.90 Å². The van der Waals surface area contributed by atoms with Crippen LogP contribution in [-0.4, -0.2) is 59.2 Å². The molecule has 2 atom stereocenters. The second-order valence-electron chi connectivity index (χ2n) is 6.01. The molecule has 1 N–H and O–H groups in total. The number of hydrogen-bond donors (Lipinski definition) is 1. The highest BCUT2D eigenvalue weighted by atomic mass is 35.5. The molecule has 156 valence electrons. The van der Waals surface area contributed by atoms with Gasteiger partial charge in [-0.15, -0.1) is 0 Å². The van der Waals surface area contributed by atoms with Crippen LogP contribution in [-0.2, 0) is 30.1 Å². The van der Waals surface area contributed by atoms with Crippen LogP contribution in [0.3, 0.4) is 0 Å². The second-order valence-corrected chi connectivity index (χ2v) is 6.41. The fourth-order valence-electron chi connectivity index (χ4n) is 2.84. The van der Waals surface area contributed by atoms with Crippen molar-refractivity contribution in [1.29, 1.82) is 0 Å². The molecule has 13 heteroatoms. The molecule has 1 aromatic heterocycles. The summed E-state index contributed by atoms with van der Waals surface area (Å²) in [6, 6.07) is 0.712. The summed E-state index contributed by atoms with van der Waals surface area (Å²) < 4.78 is 42.7. The minimum absolute atomic E-state index is 0.0380. The lowest BCUT2D eigenvalue weighted by molar-refractivity contribution is -0.142. The van der Waals surface area contributed by atoms with Crippen LogP contribution in [0.2, 0.25) is 5.02 Å². The van der Waals surface area contributed by atoms with E-state index in [1.165, 1.54) is 0 Å². The van der Waals surface area contributed by atoms with Crippen molar-refractivity contribution in [1.82, 2.24) is 9.88 Å². The Morgan fingerprint density at radius 1 is 1.38 bits per heavy atom. The van der Waals surface area contributed by atoms with Gasteiger partial charge in [-0.3, -0.25) is 14.5 Å². The molecule has 3 rings (SSSR count). The van der Waals surface area contributed by atoms with E-state index in [1.807, 2.05) is 0 Å². The fourth-order valence-corrected chi connectivity index (χ4v) is 3.07. The number of esters is 1. The zero-order chi connectivity index (χ0) is 21.3. The Bertz CT molecular complexity index is 892. The number of ether oxygens (including phenoxy) is 1. The monoisotopic (exact) mass is 434 g/mol. The van der Waals surface area contributed by atoms with Gasteiger partial charge in [0.25, 0.3) is 5.91 Å². The number of amides is 2. The van der Waals surface area contributed by atoms with Crippen LogP contribution >= 0.6 is 11.6 Å². The van der Waals surface area contributed by atoms with Gasteiger partial charge >= 0.3 is 12.1 Å². The van der Waals surface area contributed by atoms with Crippen LogP contribution in [0.1, 0.15) is 12.5 Å². The Balaban J connectivity index is 1.62. The first-order chi connectivity index (χ1) is 13.6. The molecule has 1 fully saturated rings. The van der Waals surface area contributed by atoms with Gasteiger partial charge in [-0.05, 0) is 13.0 Å². The van der Waals surface area contributed by atoms with Crippen molar-refractivity contribution in [3.05, 3.63) is 22.8 Å². The van der Waals surface area contributed by atoms with E-state index in [9.17, 15) is 27.6 Å². The summed E-state index contributed by atoms with van der Waals surface area (Å²) in [5.74, 6) is -3.44. The van der Waals surface area contributed by atoms with Crippen LogP contribution in [0.15, 0.2) is 17.4 Å². The summed E-state index contributed by atoms with van der Waals surface area (Å²) in [5.41, 5.74) is -1.29. The van der Waals surface area contributed by atoms with Crippen LogP contribution in [0.5, 0.6) is 0 Å². The molecule has 29 heavy (non-hydrogen) atoms. The molecule has 0 unspecified atom stereocenters. The number of likely N-dealkylation sites (tertiary alicyclic amines) is 1. The molecule has 0 bridgehead atoms. The van der Waals surface area contributed by atoms with Crippen LogP contribution in [0.4, 0.5) is 19.0 Å². The highest BCUT2D eigenvalue weighted by molar-refractivity contribution is 6.43. The minimum atomic E-state index is -4.58. The number of fused-ring (bicyclic) bond motifs is 1. The van der Waals surface area contributed by atoms with Crippen molar-refractivity contribution in [3.63, 3.8) is 0 Å². The SMILES string of the molecule is CCOC(=O)C1=NO[C@@H]2C(=O)N(CCNc3ncc(C(F)(F)F)cc3Cl)C(=O)[C@@H]12. The van der Waals surface area contributed by atoms with E-state index in [0.29, 0.717) is 12.3 Å². The number of aromatic nitrogens is 1. The Kier molecular flexibility index (Phi) is 5.64. The van der Waals surface area contributed by atoms with Gasteiger partial charge < -0.3 is 14.9 Å². The highest BCUT2D eigenvalue weighted by Gasteiger charge is 2.57. The van der Waals surface area contributed by atoms with Gasteiger partial charge in [0.2, 0.25) is 12.0 Å². The van der Waals surface area contributed by atoms with E-state index in [4.69, 9.17) is 21.2 Å². The van der Waals surface area contributed by atoms with Crippen LogP contribution < -0.4 is 5.32 Å². The molecule has 0 saturated carbocycles. The van der Waals surface area contributed by atoms with Gasteiger partial charge in [-0.2, -0.15) is 13.2 Å². The third-order valence-electron chi connectivity index (χ3n) is 4.18. The summed E-state index contributed by atoms with van der Waals surface area (Å²) in [6.07, 6.45) is -5.21. The van der Waals surface area contributed by atoms with Crippen LogP contribution in [0.25, 0.3) is 0 Å². The predicted molar refractivity (Wildman–Crippen MR) is 91.9 cm³/mol. The fraction of sp³-hybridized carbons (Fsp3) is 0.438. The molecule has 1 aromatic rings. The number of pyridine rings is 1. The molecule has 2 aliphatic heterocycles. The van der Waals surface area contributed by atoms with Gasteiger partial charge in [-0.1, -0.05) is 16.8 Å². The van der Waals surface area contributed by atoms with Gasteiger partial charge in [0.15, 0.2) is 5.71 Å². The standard InChI is InChI=1S/C16H14ClF3N4O5/c1-2-28-15(27)10-9-11(29-23-10)14(26)24(13(9)25)4-3-21-12-8(17)5-7(6-22-12)16(18,19)20/h5-6,9,11H,2-4H2,1H3,(H,21,22)/t9-,11-/m0/s1. The zero-order valence-corrected chi connectivity index (χ0v) is 15.6. The van der Waals surface area contributed by atoms with Crippen molar-refractivity contribution in [2.75, 3.05) is 25.0 Å². The van der Waals surface area contributed by atoms with Crippen LogP contribution in [0, 0.1) is 5.92 Å². The molecular weight excluding hydrogens is 421 g/mol. The highest BCUT2D eigenvalue weighted by Crippen LogP contribution is 2.33. The van der Waals surface area contributed by atoms with E-state index < -0.39 is 41.5 Å². The smallest absolute Gasteiger partial charge is 0.417 e. The number of halogens is 4. The topological polar surface area (TPSA) is 110 Å². The third-order valence-corrected chi connectivity index (χ3v) is 4.47. The first-order valence-corrected chi connectivity index (χ1v) is 8.75. The number of nitrogens with one attached hydrogen (secondary N) is 1. The van der Waals surface area contributed by atoms with Crippen molar-refractivity contribution >= 4 is 40.9 Å². The molecule has 0 aliphatic carbocycles. The molecule has 2 aliphatic rings. The van der Waals surface area contributed by atoms with E-state index in [1.54, 1.807) is 6.92 Å². The third kappa shape index (κ3) is 3.97. The lowest BCUT2D eigenvalue weighted by Crippen LogP contribution is -2.37. The summed E-state index contributed by atoms with van der Waals surface area (Å²) >= 11 is 5.79. The summed E-state index contributed by atoms with van der Waals surface area (Å²) in [6.45, 7) is 1.45. The van der Waals surface area contributed by atoms with Gasteiger partial charge in [0.1, 0.15) is 11.7 Å². The number of anilines is 1. The molecule has 0 radical (unpaired) electrons. The largest absolute Gasteiger partial charge is 0.461 e. The van der Waals surface area contributed by atoms with Gasteiger partial charge in [0, 0.05) is 19.3 Å². The van der Waals surface area contributed by atoms with E-state index in [2.05, 4.69) is 15.5 Å². The Morgan fingerprint density at radius 2 is 2.10 bits per heavy atom. The number of carbonyl (C=O) groups is 3. The number of imide groups is 1. The number of carbonyl (C=O) groups excluding carboxylic acids is 3. The molecule has 0 spiro atoms. The number of hydrogen-bond acceptors (Lipinski definition) is 8. The maximum Gasteiger partial charge on any atom is 0.417 e. The maximum atomic E-state index is 12.6. The maximum absolute atomic E-state index is 12.6. The molecule has 0 aromatic carbocycles. The van der Waals surface area contributed by atoms with Crippen molar-refractivity contribution in [3.8, 4) is 0 Å². The molecule has 1 saturated heterocycles. The van der Waals surface area contributed by atoms with Crippen molar-refractivity contribution in [2.45, 2.75) is 19.2 Å². The number of oxime groups is 1. The Hall–Kier alpha value is -2.89. The minimum Gasteiger partial charge on any atom is -0.461 e. The van der Waals surface area contributed by atoms with E-state index >= 15 is 0 Å². The number of alkyl halides is 3. The Labute approximate surface area is 166 Å². The summed E-state index contributed by atoms with van der Waals surface area (Å²) in [4.78, 5) is 46.1. The first kappa shape index (κ1) is 20.8. The van der Waals surface area contributed by atoms with E-state index in [-0.39, 0.29) is 36.2 Å². The predicted octanol–water partition coefficient (Wildman–Crippen LogP) is 1.47. The second kappa shape index (κ2) is 7.85. The van der Waals surface area contributed by atoms with Crippen molar-refractivity contribution in [2.24, 2.45) is 11.1 Å². The molecular formula is C16H14ClF3N4O5. The average molecular weight is 435 g/mol. The molecule has 9 nitrogen and oxygen atoms in total. The summed E-state index contributed by atoms with van der Waals surface area (Å²) in [5, 5.41) is 5.87. The number of nitrogens with zero attached hydrogens (tertiary/aromatic N) is 3. The number of rotatable bonds is 6. The lowest BCUT2D eigenvalue weighted by atomic mass is 10.00. The summed E-state index contributed by atoms with van der Waals surface area (Å²) in [7, 11) is 0. The zero-order valence-electron chi connectivity index (χ0n) is 14.8. The first-order valence-electron chi connectivity index (χ1n) is 8.37.